The molecule has 18 atom stereocenters. The van der Waals surface area contributed by atoms with Crippen molar-refractivity contribution in [2.45, 2.75) is 196 Å². The van der Waals surface area contributed by atoms with Crippen LogP contribution in [0.15, 0.2) is 112 Å². The molecular weight excluding hydrogens is 1700 g/mol. The Bertz CT molecular complexity index is 5460. The van der Waals surface area contributed by atoms with Crippen LogP contribution in [0.3, 0.4) is 0 Å². The fourth-order valence-corrected chi connectivity index (χ4v) is 18.8. The lowest BCUT2D eigenvalue weighted by Crippen LogP contribution is -2.42. The van der Waals surface area contributed by atoms with E-state index >= 15 is 0 Å². The molecule has 4 aliphatic heterocycles. The number of Topliss-reactive ketones (excluding diaryl/α,β-unsaturated/α-hetero) is 2. The molecule has 0 radical (unpaired) electrons. The number of fused-ring (bicyclic) bond motifs is 3. The standard InChI is InChI=1S/C34H41N2O9P.C19H31N2O7P.2C16H25N2O6P/c1-20(32(40)45-34(42)43-19-26-23-12-8-6-10-21(23)22-11-7-9-13-24(22)26)14-16-36-31(39)25(18-35(2)33(36)41)30-29(38)28(37)27(44-30)15-17-46(3,4)5;1-11(18(25)26)6-8-21-17(24)12(10-20(2)19(21)27)16-15(23)14(22)13(28-16)7-9-29(3,4)5;2*1-9(19)7-10-8-18(16(23)17-14(10)22)15-13(21)12(20)11(24-15)5-6-25(2,3)4/h6-13,18,20,26-30,37-38H,3,14-17,19H2,1-2,4-5H3;10-11,13-16,22-23H,3,6-9H2,1-2,4-5H3,(H,25,26);2*8,11-13,15,20-21H,2,5-7H2,1,3-4H3,(H,17,22,23)/t20?,27-,28-,29-,30?;11?,13-,14-,15-,16?;2*11-,12-,13-,15?/m1111/s1. The van der Waals surface area contributed by atoms with Gasteiger partial charge in [0.05, 0.1) is 47.4 Å². The van der Waals surface area contributed by atoms with Crippen LogP contribution in [0.1, 0.15) is 130 Å². The number of ketones is 2. The molecule has 5 aliphatic rings. The summed E-state index contributed by atoms with van der Waals surface area (Å²) in [7, 11) is 2.93. The molecule has 690 valence electrons. The number of carbonyl (C=O) groups is 5. The molecule has 0 amide bonds. The van der Waals surface area contributed by atoms with Gasteiger partial charge < -0.3 is 83.5 Å². The van der Waals surface area contributed by atoms with E-state index in [4.69, 9.17) is 33.5 Å². The predicted octanol–water partition coefficient (Wildman–Crippen LogP) is 2.02. The van der Waals surface area contributed by atoms with Crippen LogP contribution >= 0.6 is 27.5 Å². The van der Waals surface area contributed by atoms with Gasteiger partial charge in [0.1, 0.15) is 79.2 Å². The average Bonchev–Trinajstić information content (AvgIpc) is 1.60. The van der Waals surface area contributed by atoms with Crippen molar-refractivity contribution in [3.63, 3.8) is 0 Å². The molecule has 6 aromatic rings. The molecule has 2 aromatic carbocycles. The molecule has 0 bridgehead atoms. The topological polar surface area (TPSA) is 521 Å². The van der Waals surface area contributed by atoms with Gasteiger partial charge in [-0.3, -0.25) is 66.6 Å². The molecule has 1 aliphatic carbocycles. The van der Waals surface area contributed by atoms with Gasteiger partial charge in [0, 0.05) is 81.9 Å². The van der Waals surface area contributed by atoms with Gasteiger partial charge in [0.15, 0.2) is 12.5 Å². The highest BCUT2D eigenvalue weighted by atomic mass is 31.2. The van der Waals surface area contributed by atoms with E-state index < -0.39 is 200 Å². The van der Waals surface area contributed by atoms with E-state index in [0.29, 0.717) is 25.7 Å². The number of carboxylic acid groups (broad SMARTS) is 1. The third-order valence-electron chi connectivity index (χ3n) is 22.2. The molecule has 8 heterocycles. The van der Waals surface area contributed by atoms with E-state index in [0.717, 1.165) is 65.2 Å². The minimum absolute atomic E-state index is 0.00790. The average molecular weight is 1830 g/mol. The normalized spacial score (nSPS) is 24.6. The lowest BCUT2D eigenvalue weighted by Gasteiger charge is -2.19. The second kappa shape index (κ2) is 42.7. The molecule has 6 unspecified atom stereocenters. The third kappa shape index (κ3) is 26.7. The van der Waals surface area contributed by atoms with Crippen LogP contribution in [0.25, 0.3) is 11.1 Å². The molecule has 40 heteroatoms. The number of aromatic amines is 2. The van der Waals surface area contributed by atoms with Crippen LogP contribution in [0.5, 0.6) is 0 Å². The number of benzene rings is 2. The Morgan fingerprint density at radius 1 is 0.464 bits per heavy atom. The number of aliphatic carboxylic acids is 1. The fourth-order valence-electron chi connectivity index (χ4n) is 15.0. The minimum Gasteiger partial charge on any atom is -0.481 e. The van der Waals surface area contributed by atoms with Crippen LogP contribution in [-0.4, -0.2) is 296 Å². The lowest BCUT2D eigenvalue weighted by atomic mass is 9.98. The first-order valence-electron chi connectivity index (χ1n) is 40.9. The first-order valence-corrected chi connectivity index (χ1v) is 53.1. The number of carbonyl (C=O) groups excluding carboxylic acids is 4. The number of nitrogens with zero attached hydrogens (tertiary/aromatic N) is 6. The van der Waals surface area contributed by atoms with Crippen molar-refractivity contribution in [2.75, 3.05) is 84.6 Å². The van der Waals surface area contributed by atoms with Gasteiger partial charge in [-0.1, -0.05) is 62.4 Å². The number of aliphatic hydroxyl groups is 8. The monoisotopic (exact) mass is 1830 g/mol. The van der Waals surface area contributed by atoms with Gasteiger partial charge in [0.25, 0.3) is 22.2 Å². The number of carboxylic acids is 1. The van der Waals surface area contributed by atoms with E-state index in [1.165, 1.54) is 75.7 Å². The minimum atomic E-state index is -1.41. The molecule has 11 N–H and O–H groups in total. The number of aliphatic hydroxyl groups excluding tert-OH is 8. The Morgan fingerprint density at radius 3 is 1.13 bits per heavy atom. The second-order valence-corrected chi connectivity index (χ2v) is 53.0. The highest BCUT2D eigenvalue weighted by Crippen LogP contribution is 2.47. The molecule has 0 spiro atoms. The number of hydrogen-bond acceptors (Lipinski definition) is 27. The second-order valence-electron chi connectivity index (χ2n) is 35.7. The number of aromatic nitrogens is 8. The number of H-pyrrole nitrogens is 2. The fraction of sp³-hybridized carbons (Fsp3) is 0.565. The highest BCUT2D eigenvalue weighted by Gasteiger charge is 2.49. The maximum atomic E-state index is 13.4. The number of hydrogen-bond donors (Lipinski definition) is 11. The van der Waals surface area contributed by atoms with Crippen molar-refractivity contribution in [3.8, 4) is 11.1 Å². The Hall–Kier alpha value is -8.37. The molecule has 125 heavy (non-hydrogen) atoms. The Kier molecular flexibility index (Phi) is 34.9. The summed E-state index contributed by atoms with van der Waals surface area (Å²) in [6.45, 7) is 16.5. The molecule has 4 saturated heterocycles. The maximum absolute atomic E-state index is 13.4. The highest BCUT2D eigenvalue weighted by molar-refractivity contribution is 7.73. The summed E-state index contributed by atoms with van der Waals surface area (Å²) in [4.78, 5) is 162. The Labute approximate surface area is 722 Å². The lowest BCUT2D eigenvalue weighted by molar-refractivity contribution is -0.144. The summed E-state index contributed by atoms with van der Waals surface area (Å²) < 4.78 is 39.8. The van der Waals surface area contributed by atoms with Crippen LogP contribution in [0.2, 0.25) is 0 Å². The first-order chi connectivity index (χ1) is 58.1. The van der Waals surface area contributed by atoms with E-state index in [1.54, 1.807) is 0 Å². The molecule has 11 rings (SSSR count). The van der Waals surface area contributed by atoms with E-state index in [2.05, 4.69) is 88.5 Å². The summed E-state index contributed by atoms with van der Waals surface area (Å²) in [5, 5.41) is 92.3. The zero-order chi connectivity index (χ0) is 93.3. The van der Waals surface area contributed by atoms with Gasteiger partial charge in [-0.25, -0.2) is 24.0 Å². The maximum Gasteiger partial charge on any atom is 0.516 e. The molecule has 4 fully saturated rings. The summed E-state index contributed by atoms with van der Waals surface area (Å²) in [5.41, 5.74) is -0.896. The molecule has 4 aromatic heterocycles. The smallest absolute Gasteiger partial charge is 0.481 e. The van der Waals surface area contributed by atoms with Crippen molar-refractivity contribution in [1.29, 1.82) is 0 Å². The van der Waals surface area contributed by atoms with Gasteiger partial charge in [-0.2, -0.15) is 0 Å². The van der Waals surface area contributed by atoms with Crippen molar-refractivity contribution >= 4 is 82.4 Å². The summed E-state index contributed by atoms with van der Waals surface area (Å²) in [6, 6.07) is 15.7. The predicted molar refractivity (Wildman–Crippen MR) is 482 cm³/mol. The number of nitrogens with one attached hydrogen (secondary N) is 2. The van der Waals surface area contributed by atoms with Crippen molar-refractivity contribution < 1.29 is 98.4 Å². The number of ether oxygens (including phenoxy) is 6. The van der Waals surface area contributed by atoms with Gasteiger partial charge in [-0.05, 0) is 153 Å². The summed E-state index contributed by atoms with van der Waals surface area (Å²) in [6.07, 6.45) is 8.33. The molecule has 0 saturated carbocycles. The number of aryl methyl sites for hydroxylation is 2. The van der Waals surface area contributed by atoms with Crippen molar-refractivity contribution in [2.24, 2.45) is 25.9 Å². The Balaban J connectivity index is 0.000000215. The SMILES string of the molecule is C=P(C)(C)CC[C@H]1OC(c2cn(C)c(=O)n(CCC(C)C(=O)O)c2=O)[C@H](O)[C@@H]1O.C=P(C)(C)CC[C@H]1OC(c2cn(C)c(=O)n(CCC(C)C(=O)OC(=O)OCC3c4ccccc4-c4ccccc43)c2=O)[C@H](O)[C@@H]1O.C=P(C)(C)CC[C@H]1OC(n2cc(CC(C)=O)c(=O)[nH]c2=O)[C@H](O)[C@@H]1O.C=P(C)(C)CC[C@H]1OC(n2cc(CC(C)=O)c(=O)[nH]c2=O)[C@H](O)[C@@H]1O. The summed E-state index contributed by atoms with van der Waals surface area (Å²) in [5.74, 6) is -4.10. The van der Waals surface area contributed by atoms with Gasteiger partial charge in [-0.15, -0.1) is 52.7 Å². The van der Waals surface area contributed by atoms with E-state index in [9.17, 15) is 103 Å². The number of esters is 1. The van der Waals surface area contributed by atoms with E-state index in [1.807, 2.05) is 48.5 Å². The largest absolute Gasteiger partial charge is 0.516 e. The summed E-state index contributed by atoms with van der Waals surface area (Å²) >= 11 is 0. The van der Waals surface area contributed by atoms with Crippen molar-refractivity contribution in [1.82, 2.24) is 37.4 Å². The van der Waals surface area contributed by atoms with Gasteiger partial charge >= 0.3 is 40.9 Å². The van der Waals surface area contributed by atoms with Crippen LogP contribution < -0.4 is 45.0 Å². The quantitative estimate of drug-likeness (QED) is 0.0175. The van der Waals surface area contributed by atoms with E-state index in [-0.39, 0.29) is 85.1 Å². The van der Waals surface area contributed by atoms with Crippen LogP contribution in [-0.2, 0) is 87.6 Å². The molecular formula is C85H122N8O28P4. The van der Waals surface area contributed by atoms with Gasteiger partial charge in [0.2, 0.25) is 0 Å². The van der Waals surface area contributed by atoms with Crippen molar-refractivity contribution in [3.05, 3.63) is 190 Å². The number of rotatable bonds is 30. The van der Waals surface area contributed by atoms with Crippen LogP contribution in [0, 0.1) is 11.8 Å². The third-order valence-corrected chi connectivity index (χ3v) is 28.1. The van der Waals surface area contributed by atoms with Crippen LogP contribution in [0.4, 0.5) is 4.79 Å². The Morgan fingerprint density at radius 2 is 0.792 bits per heavy atom. The molecule has 36 nitrogen and oxygen atoms in total. The zero-order valence-corrected chi connectivity index (χ0v) is 76.7. The zero-order valence-electron chi connectivity index (χ0n) is 73.1. The first kappa shape index (κ1) is 102.